The van der Waals surface area contributed by atoms with Crippen LogP contribution in [0.25, 0.3) is 0 Å². The molecule has 0 saturated heterocycles. The zero-order chi connectivity index (χ0) is 11.3. The number of hydrogen-bond donors (Lipinski definition) is 0. The second kappa shape index (κ2) is 5.76. The van der Waals surface area contributed by atoms with Crippen LogP contribution in [-0.2, 0) is 4.74 Å². The highest BCUT2D eigenvalue weighted by Gasteiger charge is 2.34. The van der Waals surface area contributed by atoms with Crippen LogP contribution in [0.4, 0.5) is 0 Å². The highest BCUT2D eigenvalue weighted by molar-refractivity contribution is 6.68. The smallest absolute Gasteiger partial charge is 0.220 e. The molecule has 82 valence electrons. The fraction of sp³-hybridized carbons (Fsp3) is 0.273. The van der Waals surface area contributed by atoms with Gasteiger partial charge >= 0.3 is 0 Å². The summed E-state index contributed by atoms with van der Waals surface area (Å²) in [6.45, 7) is 3.89. The van der Waals surface area contributed by atoms with Crippen LogP contribution < -0.4 is 0 Å². The number of benzene rings is 1. The lowest BCUT2D eigenvalue weighted by atomic mass is 10.1. The van der Waals surface area contributed by atoms with Crippen LogP contribution in [0.5, 0.6) is 0 Å². The molecule has 1 rings (SSSR count). The Morgan fingerprint density at radius 1 is 1.27 bits per heavy atom. The molecule has 0 amide bonds. The normalized spacial score (nSPS) is 13.5. The maximum atomic E-state index is 5.84. The first-order chi connectivity index (χ1) is 7.05. The van der Waals surface area contributed by atoms with Gasteiger partial charge in [-0.25, -0.2) is 0 Å². The monoisotopic (exact) mass is 264 g/mol. The maximum Gasteiger partial charge on any atom is 0.220 e. The van der Waals surface area contributed by atoms with Gasteiger partial charge in [0.1, 0.15) is 6.10 Å². The lowest BCUT2D eigenvalue weighted by Crippen LogP contribution is -2.20. The van der Waals surface area contributed by atoms with Crippen molar-refractivity contribution >= 4 is 34.8 Å². The van der Waals surface area contributed by atoms with Crippen LogP contribution in [0.1, 0.15) is 11.7 Å². The van der Waals surface area contributed by atoms with E-state index < -0.39 is 9.90 Å². The molecule has 1 unspecified atom stereocenters. The minimum Gasteiger partial charge on any atom is -0.365 e. The number of hydrogen-bond acceptors (Lipinski definition) is 1. The van der Waals surface area contributed by atoms with Crippen molar-refractivity contribution in [1.82, 2.24) is 0 Å². The molecule has 1 aromatic carbocycles. The molecule has 0 aliphatic rings. The van der Waals surface area contributed by atoms with Crippen LogP contribution in [0.15, 0.2) is 43.0 Å². The Morgan fingerprint density at radius 2 is 1.87 bits per heavy atom. The Kier molecular flexibility index (Phi) is 4.94. The maximum absolute atomic E-state index is 5.84. The SMILES string of the molecule is C=CCOC(c1ccccc1)C(Cl)(Cl)Cl. The summed E-state index contributed by atoms with van der Waals surface area (Å²) in [5.41, 5.74) is 0.833. The predicted octanol–water partition coefficient (Wildman–Crippen LogP) is 4.30. The fourth-order valence-electron chi connectivity index (χ4n) is 1.17. The van der Waals surface area contributed by atoms with Crippen LogP contribution in [0, 0.1) is 0 Å². The first-order valence-electron chi connectivity index (χ1n) is 4.40. The summed E-state index contributed by atoms with van der Waals surface area (Å²) >= 11 is 17.5. The Balaban J connectivity index is 2.86. The van der Waals surface area contributed by atoms with E-state index >= 15 is 0 Å². The predicted molar refractivity (Wildman–Crippen MR) is 65.6 cm³/mol. The molecular formula is C11H11Cl3O. The van der Waals surface area contributed by atoms with Gasteiger partial charge in [-0.3, -0.25) is 0 Å². The lowest BCUT2D eigenvalue weighted by molar-refractivity contribution is 0.0772. The van der Waals surface area contributed by atoms with Gasteiger partial charge < -0.3 is 4.74 Å². The average molecular weight is 266 g/mol. The molecule has 0 bridgehead atoms. The summed E-state index contributed by atoms with van der Waals surface area (Å²) in [5, 5.41) is 0. The quantitative estimate of drug-likeness (QED) is 0.582. The van der Waals surface area contributed by atoms with E-state index in [2.05, 4.69) is 6.58 Å². The summed E-state index contributed by atoms with van der Waals surface area (Å²) in [6.07, 6.45) is 1.04. The highest BCUT2D eigenvalue weighted by atomic mass is 35.6. The summed E-state index contributed by atoms with van der Waals surface area (Å²) in [4.78, 5) is 0. The third-order valence-corrected chi connectivity index (χ3v) is 2.37. The molecule has 0 N–H and O–H groups in total. The molecule has 0 aliphatic heterocycles. The van der Waals surface area contributed by atoms with Gasteiger partial charge in [0.05, 0.1) is 6.61 Å². The average Bonchev–Trinajstić information content (AvgIpc) is 2.18. The summed E-state index contributed by atoms with van der Waals surface area (Å²) in [5.74, 6) is 0. The molecule has 1 atom stereocenters. The zero-order valence-electron chi connectivity index (χ0n) is 8.00. The third-order valence-electron chi connectivity index (χ3n) is 1.78. The van der Waals surface area contributed by atoms with Gasteiger partial charge in [-0.2, -0.15) is 0 Å². The van der Waals surface area contributed by atoms with Gasteiger partial charge in [-0.15, -0.1) is 6.58 Å². The van der Waals surface area contributed by atoms with E-state index in [0.717, 1.165) is 5.56 Å². The zero-order valence-corrected chi connectivity index (χ0v) is 10.3. The molecule has 15 heavy (non-hydrogen) atoms. The number of rotatable bonds is 4. The van der Waals surface area contributed by atoms with Crippen molar-refractivity contribution in [2.75, 3.05) is 6.61 Å². The first kappa shape index (κ1) is 12.9. The Bertz CT molecular complexity index is 305. The Morgan fingerprint density at radius 3 is 2.33 bits per heavy atom. The molecule has 4 heteroatoms. The van der Waals surface area contributed by atoms with Gasteiger partial charge in [0.15, 0.2) is 0 Å². The Hall–Kier alpha value is -0.210. The van der Waals surface area contributed by atoms with Gasteiger partial charge in [0, 0.05) is 0 Å². The van der Waals surface area contributed by atoms with Crippen LogP contribution in [0.2, 0.25) is 0 Å². The molecule has 0 heterocycles. The van der Waals surface area contributed by atoms with Gasteiger partial charge in [-0.05, 0) is 5.56 Å². The summed E-state index contributed by atoms with van der Waals surface area (Å²) in [6, 6.07) is 9.35. The Labute approximate surface area is 105 Å². The minimum atomic E-state index is -1.48. The molecule has 0 radical (unpaired) electrons. The standard InChI is InChI=1S/C11H11Cl3O/c1-2-8-15-10(11(12,13)14)9-6-4-3-5-7-9/h2-7,10H,1,8H2. The molecule has 1 nitrogen and oxygen atoms in total. The summed E-state index contributed by atoms with van der Waals surface area (Å²) < 4.78 is 3.95. The molecule has 0 aliphatic carbocycles. The van der Waals surface area contributed by atoms with E-state index in [-0.39, 0.29) is 0 Å². The number of alkyl halides is 3. The molecule has 1 aromatic rings. The summed E-state index contributed by atoms with van der Waals surface area (Å²) in [7, 11) is 0. The van der Waals surface area contributed by atoms with Gasteiger partial charge in [-0.1, -0.05) is 71.2 Å². The van der Waals surface area contributed by atoms with Crippen LogP contribution >= 0.6 is 34.8 Å². The molecule has 0 spiro atoms. The van der Waals surface area contributed by atoms with E-state index in [1.54, 1.807) is 6.08 Å². The van der Waals surface area contributed by atoms with E-state index in [1.807, 2.05) is 30.3 Å². The van der Waals surface area contributed by atoms with Gasteiger partial charge in [0.25, 0.3) is 0 Å². The fourth-order valence-corrected chi connectivity index (χ4v) is 1.74. The topological polar surface area (TPSA) is 9.23 Å². The van der Waals surface area contributed by atoms with E-state index in [0.29, 0.717) is 6.61 Å². The first-order valence-corrected chi connectivity index (χ1v) is 5.53. The van der Waals surface area contributed by atoms with Crippen molar-refractivity contribution < 1.29 is 4.74 Å². The highest BCUT2D eigenvalue weighted by Crippen LogP contribution is 2.42. The van der Waals surface area contributed by atoms with Gasteiger partial charge in [0.2, 0.25) is 3.79 Å². The largest absolute Gasteiger partial charge is 0.365 e. The molecule has 0 saturated carbocycles. The van der Waals surface area contributed by atoms with Crippen molar-refractivity contribution in [3.63, 3.8) is 0 Å². The van der Waals surface area contributed by atoms with Crippen molar-refractivity contribution in [1.29, 1.82) is 0 Å². The van der Waals surface area contributed by atoms with E-state index in [4.69, 9.17) is 39.5 Å². The van der Waals surface area contributed by atoms with Crippen LogP contribution in [-0.4, -0.2) is 10.4 Å². The molecule has 0 fully saturated rings. The number of ether oxygens (including phenoxy) is 1. The van der Waals surface area contributed by atoms with Crippen LogP contribution in [0.3, 0.4) is 0 Å². The lowest BCUT2D eigenvalue weighted by Gasteiger charge is -2.24. The van der Waals surface area contributed by atoms with E-state index in [1.165, 1.54) is 0 Å². The van der Waals surface area contributed by atoms with E-state index in [9.17, 15) is 0 Å². The minimum absolute atomic E-state index is 0.341. The van der Waals surface area contributed by atoms with Crippen molar-refractivity contribution in [2.24, 2.45) is 0 Å². The second-order valence-corrected chi connectivity index (χ2v) is 5.32. The van der Waals surface area contributed by atoms with Crippen molar-refractivity contribution in [2.45, 2.75) is 9.90 Å². The van der Waals surface area contributed by atoms with Crippen molar-refractivity contribution in [3.8, 4) is 0 Å². The molecular weight excluding hydrogens is 254 g/mol. The molecule has 0 aromatic heterocycles. The van der Waals surface area contributed by atoms with Crippen molar-refractivity contribution in [3.05, 3.63) is 48.6 Å². The second-order valence-electron chi connectivity index (χ2n) is 2.95. The third kappa shape index (κ3) is 4.04. The number of halogens is 3.